The molecule has 1 aliphatic rings. The summed E-state index contributed by atoms with van der Waals surface area (Å²) >= 11 is 3.51. The van der Waals surface area contributed by atoms with Gasteiger partial charge in [0.15, 0.2) is 17.5 Å². The van der Waals surface area contributed by atoms with E-state index < -0.39 is 0 Å². The molecule has 25 heavy (non-hydrogen) atoms. The fraction of sp³-hybridized carbons (Fsp3) is 0.333. The van der Waals surface area contributed by atoms with Crippen molar-refractivity contribution in [2.24, 2.45) is 4.99 Å². The second-order valence-electron chi connectivity index (χ2n) is 5.50. The Kier molecular flexibility index (Phi) is 6.11. The highest BCUT2D eigenvalue weighted by Crippen LogP contribution is 2.40. The van der Waals surface area contributed by atoms with Crippen LogP contribution in [0.1, 0.15) is 18.2 Å². The third-order valence-corrected chi connectivity index (χ3v) is 4.24. The first kappa shape index (κ1) is 17.5. The number of rotatable bonds is 6. The van der Waals surface area contributed by atoms with Crippen LogP contribution in [-0.2, 0) is 13.0 Å². The zero-order chi connectivity index (χ0) is 17.5. The molecule has 1 aromatic carbocycles. The average Bonchev–Trinajstić information content (AvgIpc) is 3.10. The van der Waals surface area contributed by atoms with Crippen molar-refractivity contribution in [2.45, 2.75) is 19.9 Å². The van der Waals surface area contributed by atoms with Crippen molar-refractivity contribution in [2.75, 3.05) is 19.9 Å². The van der Waals surface area contributed by atoms with Crippen molar-refractivity contribution in [3.05, 3.63) is 52.3 Å². The molecule has 7 heteroatoms. The molecule has 0 bridgehead atoms. The lowest BCUT2D eigenvalue weighted by Crippen LogP contribution is -2.38. The first-order chi connectivity index (χ1) is 12.3. The lowest BCUT2D eigenvalue weighted by Gasteiger charge is -2.11. The molecule has 1 aliphatic heterocycles. The monoisotopic (exact) mass is 404 g/mol. The van der Waals surface area contributed by atoms with Gasteiger partial charge in [0.25, 0.3) is 0 Å². The molecule has 0 spiro atoms. The lowest BCUT2D eigenvalue weighted by atomic mass is 10.2. The Labute approximate surface area is 155 Å². The maximum atomic E-state index is 5.45. The molecule has 0 fully saturated rings. The van der Waals surface area contributed by atoms with E-state index in [0.29, 0.717) is 6.54 Å². The molecule has 6 nitrogen and oxygen atoms in total. The van der Waals surface area contributed by atoms with Crippen LogP contribution in [0.3, 0.4) is 0 Å². The predicted octanol–water partition coefficient (Wildman–Crippen LogP) is 2.87. The number of hydrogen-bond acceptors (Lipinski definition) is 4. The number of ether oxygens (including phenoxy) is 2. The van der Waals surface area contributed by atoms with Gasteiger partial charge in [-0.25, -0.2) is 4.99 Å². The molecular weight excluding hydrogens is 384 g/mol. The van der Waals surface area contributed by atoms with Crippen molar-refractivity contribution in [1.29, 1.82) is 0 Å². The van der Waals surface area contributed by atoms with Crippen molar-refractivity contribution < 1.29 is 9.47 Å². The number of guanidine groups is 1. The minimum Gasteiger partial charge on any atom is -0.454 e. The first-order valence-electron chi connectivity index (χ1n) is 8.26. The van der Waals surface area contributed by atoms with Crippen LogP contribution in [0.2, 0.25) is 0 Å². The fourth-order valence-electron chi connectivity index (χ4n) is 2.48. The molecule has 1 aromatic heterocycles. The van der Waals surface area contributed by atoms with Gasteiger partial charge < -0.3 is 20.1 Å². The number of fused-ring (bicyclic) bond motifs is 1. The minimum absolute atomic E-state index is 0.262. The largest absolute Gasteiger partial charge is 0.454 e. The number of nitrogens with one attached hydrogen (secondary N) is 2. The van der Waals surface area contributed by atoms with E-state index in [1.165, 1.54) is 0 Å². The van der Waals surface area contributed by atoms with Gasteiger partial charge in [-0.2, -0.15) is 0 Å². The van der Waals surface area contributed by atoms with Gasteiger partial charge >= 0.3 is 0 Å². The van der Waals surface area contributed by atoms with E-state index in [9.17, 15) is 0 Å². The van der Waals surface area contributed by atoms with Crippen molar-refractivity contribution >= 4 is 21.9 Å². The molecule has 0 unspecified atom stereocenters. The van der Waals surface area contributed by atoms with Crippen LogP contribution in [0.4, 0.5) is 0 Å². The fourth-order valence-corrected chi connectivity index (χ4v) is 3.08. The molecule has 0 aliphatic carbocycles. The van der Waals surface area contributed by atoms with Crippen LogP contribution >= 0.6 is 15.9 Å². The minimum atomic E-state index is 0.262. The van der Waals surface area contributed by atoms with E-state index in [2.05, 4.69) is 36.5 Å². The molecule has 0 amide bonds. The zero-order valence-corrected chi connectivity index (χ0v) is 15.7. The predicted molar refractivity (Wildman–Crippen MR) is 101 cm³/mol. The Balaban J connectivity index is 1.59. The van der Waals surface area contributed by atoms with Crippen molar-refractivity contribution in [3.63, 3.8) is 0 Å². The van der Waals surface area contributed by atoms with Crippen molar-refractivity contribution in [3.8, 4) is 11.5 Å². The normalized spacial score (nSPS) is 13.0. The maximum absolute atomic E-state index is 5.45. The van der Waals surface area contributed by atoms with Gasteiger partial charge in [0.05, 0.1) is 11.0 Å². The lowest BCUT2D eigenvalue weighted by molar-refractivity contribution is 0.173. The number of halogens is 1. The second kappa shape index (κ2) is 8.71. The summed E-state index contributed by atoms with van der Waals surface area (Å²) in [6.07, 6.45) is 2.66. The second-order valence-corrected chi connectivity index (χ2v) is 6.36. The summed E-state index contributed by atoms with van der Waals surface area (Å²) in [5.74, 6) is 2.30. The van der Waals surface area contributed by atoms with Gasteiger partial charge in [-0.3, -0.25) is 4.98 Å². The summed E-state index contributed by atoms with van der Waals surface area (Å²) in [7, 11) is 0. The van der Waals surface area contributed by atoms with Crippen molar-refractivity contribution in [1.82, 2.24) is 15.6 Å². The molecule has 0 radical (unpaired) electrons. The number of pyridine rings is 1. The molecule has 132 valence electrons. The summed E-state index contributed by atoms with van der Waals surface area (Å²) in [5, 5.41) is 6.59. The van der Waals surface area contributed by atoms with Crippen LogP contribution in [0.25, 0.3) is 0 Å². The van der Waals surface area contributed by atoms with Gasteiger partial charge in [0.1, 0.15) is 0 Å². The van der Waals surface area contributed by atoms with Crippen LogP contribution in [-0.4, -0.2) is 30.8 Å². The Morgan fingerprint density at radius 2 is 2.20 bits per heavy atom. The third kappa shape index (κ3) is 4.85. The standard InChI is InChI=1S/C18H21BrN4O2/c1-2-20-18(22-8-6-14-5-3-4-7-21-14)23-11-13-9-15(19)17-16(10-13)24-12-25-17/h3-5,7,9-10H,2,6,8,11-12H2,1H3,(H2,20,22,23). The molecule has 3 rings (SSSR count). The van der Waals surface area contributed by atoms with E-state index in [4.69, 9.17) is 9.47 Å². The zero-order valence-electron chi connectivity index (χ0n) is 14.1. The van der Waals surface area contributed by atoms with Crippen LogP contribution in [0.5, 0.6) is 11.5 Å². The molecule has 2 aromatic rings. The van der Waals surface area contributed by atoms with E-state index in [1.807, 2.05) is 43.5 Å². The number of aromatic nitrogens is 1. The number of benzene rings is 1. The SMILES string of the molecule is CCNC(=NCc1cc(Br)c2c(c1)OCO2)NCCc1ccccn1. The van der Waals surface area contributed by atoms with Crippen LogP contribution in [0.15, 0.2) is 46.0 Å². The Bertz CT molecular complexity index is 737. The van der Waals surface area contributed by atoms with Crippen LogP contribution < -0.4 is 20.1 Å². The number of nitrogens with zero attached hydrogens (tertiary/aromatic N) is 2. The summed E-state index contributed by atoms with van der Waals surface area (Å²) < 4.78 is 11.7. The number of aliphatic imine (C=N–C) groups is 1. The van der Waals surface area contributed by atoms with E-state index in [1.54, 1.807) is 0 Å². The Morgan fingerprint density at radius 1 is 1.28 bits per heavy atom. The van der Waals surface area contributed by atoms with Gasteiger partial charge in [0, 0.05) is 31.4 Å². The Hall–Kier alpha value is -2.28. The highest BCUT2D eigenvalue weighted by Gasteiger charge is 2.17. The summed E-state index contributed by atoms with van der Waals surface area (Å²) in [6, 6.07) is 9.92. The average molecular weight is 405 g/mol. The van der Waals surface area contributed by atoms with Gasteiger partial charge in [-0.05, 0) is 52.7 Å². The summed E-state index contributed by atoms with van der Waals surface area (Å²) in [4.78, 5) is 8.97. The molecule has 2 N–H and O–H groups in total. The number of hydrogen-bond donors (Lipinski definition) is 2. The topological polar surface area (TPSA) is 67.8 Å². The molecule has 2 heterocycles. The molecule has 0 saturated carbocycles. The Morgan fingerprint density at radius 3 is 3.00 bits per heavy atom. The van der Waals surface area contributed by atoms with E-state index in [-0.39, 0.29) is 6.79 Å². The summed E-state index contributed by atoms with van der Waals surface area (Å²) in [5.41, 5.74) is 2.11. The van der Waals surface area contributed by atoms with Gasteiger partial charge in [-0.1, -0.05) is 6.07 Å². The van der Waals surface area contributed by atoms with Gasteiger partial charge in [-0.15, -0.1) is 0 Å². The highest BCUT2D eigenvalue weighted by atomic mass is 79.9. The van der Waals surface area contributed by atoms with Crippen LogP contribution in [0, 0.1) is 0 Å². The highest BCUT2D eigenvalue weighted by molar-refractivity contribution is 9.10. The van der Waals surface area contributed by atoms with E-state index in [0.717, 1.165) is 52.7 Å². The molecule has 0 atom stereocenters. The third-order valence-electron chi connectivity index (χ3n) is 3.65. The first-order valence-corrected chi connectivity index (χ1v) is 9.05. The molecule has 0 saturated heterocycles. The quantitative estimate of drug-likeness (QED) is 0.572. The maximum Gasteiger partial charge on any atom is 0.231 e. The molecular formula is C18H21BrN4O2. The smallest absolute Gasteiger partial charge is 0.231 e. The van der Waals surface area contributed by atoms with E-state index >= 15 is 0 Å². The summed E-state index contributed by atoms with van der Waals surface area (Å²) in [6.45, 7) is 4.44. The van der Waals surface area contributed by atoms with Gasteiger partial charge in [0.2, 0.25) is 6.79 Å².